The lowest BCUT2D eigenvalue weighted by Crippen LogP contribution is -2.32. The first-order valence-corrected chi connectivity index (χ1v) is 7.14. The summed E-state index contributed by atoms with van der Waals surface area (Å²) >= 11 is 0. The minimum Gasteiger partial charge on any atom is -0.273 e. The first-order valence-electron chi connectivity index (χ1n) is 7.14. The second-order valence-electron chi connectivity index (χ2n) is 6.00. The molecule has 0 radical (unpaired) electrons. The zero-order valence-corrected chi connectivity index (χ0v) is 12.3. The van der Waals surface area contributed by atoms with Crippen molar-refractivity contribution in [2.75, 3.05) is 0 Å². The van der Waals surface area contributed by atoms with Gasteiger partial charge in [-0.25, -0.2) is 0 Å². The molecule has 3 atom stereocenters. The van der Waals surface area contributed by atoms with E-state index in [4.69, 9.17) is 10.5 Å². The summed E-state index contributed by atoms with van der Waals surface area (Å²) < 4.78 is 0. The number of likely N-dealkylation sites (tertiary alicyclic amines) is 2. The molecule has 0 spiro atoms. The smallest absolute Gasteiger partial charge is 0.270 e. The van der Waals surface area contributed by atoms with E-state index in [0.717, 1.165) is 0 Å². The lowest BCUT2D eigenvalue weighted by atomic mass is 9.72. The average Bonchev–Trinajstić information content (AvgIpc) is 2.93. The van der Waals surface area contributed by atoms with Gasteiger partial charge >= 0.3 is 0 Å². The Hall–Kier alpha value is -3.00. The molecule has 116 valence electrons. The number of allylic oxidation sites excluding steroid dienone is 1. The minimum atomic E-state index is -0.736. The van der Waals surface area contributed by atoms with Gasteiger partial charge in [0.25, 0.3) is 11.8 Å². The van der Waals surface area contributed by atoms with Crippen molar-refractivity contribution < 1.29 is 19.2 Å². The zero-order valence-electron chi connectivity index (χ0n) is 12.3. The maximum Gasteiger partial charge on any atom is 0.270 e. The molecule has 0 bridgehead atoms. The van der Waals surface area contributed by atoms with E-state index >= 15 is 0 Å². The van der Waals surface area contributed by atoms with Gasteiger partial charge in [-0.15, -0.1) is 0 Å². The Morgan fingerprint density at radius 2 is 1.65 bits per heavy atom. The molecular formula is C15H12N4O4. The van der Waals surface area contributed by atoms with Gasteiger partial charge in [-0.2, -0.15) is 20.3 Å². The third kappa shape index (κ3) is 1.95. The number of hydrogen-bond donors (Lipinski definition) is 0. The number of amides is 4. The minimum absolute atomic E-state index is 0.0590. The van der Waals surface area contributed by atoms with Gasteiger partial charge in [-0.3, -0.25) is 19.2 Å². The van der Waals surface area contributed by atoms with Crippen LogP contribution in [-0.2, 0) is 19.2 Å². The molecular weight excluding hydrogens is 300 g/mol. The summed E-state index contributed by atoms with van der Waals surface area (Å²) in [5.74, 6) is -3.95. The number of rotatable bonds is 1. The SMILES string of the molecule is CC1=C2C(=O)N(C#N)C(=O)C2CC(C2CC(=O)N(C#N)C2=O)C1. The van der Waals surface area contributed by atoms with Crippen molar-refractivity contribution in [3.63, 3.8) is 0 Å². The summed E-state index contributed by atoms with van der Waals surface area (Å²) in [6.45, 7) is 1.70. The molecule has 0 N–H and O–H groups in total. The fourth-order valence-corrected chi connectivity index (χ4v) is 3.77. The molecule has 0 saturated carbocycles. The Morgan fingerprint density at radius 1 is 1.00 bits per heavy atom. The first kappa shape index (κ1) is 14.9. The predicted octanol–water partition coefficient (Wildman–Crippen LogP) is 0.0352. The standard InChI is InChI=1S/C15H12N4O4/c1-7-2-8(9-4-11(20)18(5-16)13(9)21)3-10-12(7)15(23)19(6-17)14(10)22/h8-10H,2-4H2,1H3. The van der Waals surface area contributed by atoms with Crippen molar-refractivity contribution in [3.05, 3.63) is 11.1 Å². The molecule has 8 heteroatoms. The number of nitriles is 2. The van der Waals surface area contributed by atoms with Gasteiger partial charge in [0.1, 0.15) is 0 Å². The summed E-state index contributed by atoms with van der Waals surface area (Å²) in [4.78, 5) is 49.2. The molecule has 23 heavy (non-hydrogen) atoms. The first-order chi connectivity index (χ1) is 10.9. The monoisotopic (exact) mass is 312 g/mol. The molecule has 4 amide bonds. The molecule has 3 aliphatic rings. The highest BCUT2D eigenvalue weighted by Gasteiger charge is 2.51. The van der Waals surface area contributed by atoms with Crippen LogP contribution >= 0.6 is 0 Å². The van der Waals surface area contributed by atoms with Gasteiger partial charge < -0.3 is 0 Å². The van der Waals surface area contributed by atoms with E-state index in [9.17, 15) is 19.2 Å². The molecule has 3 unspecified atom stereocenters. The van der Waals surface area contributed by atoms with Crippen LogP contribution in [0.25, 0.3) is 0 Å². The second-order valence-corrected chi connectivity index (χ2v) is 6.00. The van der Waals surface area contributed by atoms with E-state index in [0.29, 0.717) is 27.4 Å². The van der Waals surface area contributed by atoms with Gasteiger partial charge in [0.15, 0.2) is 12.4 Å². The van der Waals surface area contributed by atoms with Gasteiger partial charge in [-0.05, 0) is 25.7 Å². The van der Waals surface area contributed by atoms with Gasteiger partial charge in [0.05, 0.1) is 11.8 Å². The Morgan fingerprint density at radius 3 is 2.22 bits per heavy atom. The van der Waals surface area contributed by atoms with E-state index in [-0.39, 0.29) is 18.8 Å². The van der Waals surface area contributed by atoms with Crippen LogP contribution in [0.15, 0.2) is 11.1 Å². The number of imide groups is 2. The number of carbonyl (C=O) groups excluding carboxylic acids is 4. The van der Waals surface area contributed by atoms with Crippen LogP contribution < -0.4 is 0 Å². The highest BCUT2D eigenvalue weighted by atomic mass is 16.2. The third-order valence-electron chi connectivity index (χ3n) is 4.82. The molecule has 1 aliphatic carbocycles. The van der Waals surface area contributed by atoms with E-state index in [2.05, 4.69) is 0 Å². The quantitative estimate of drug-likeness (QED) is 0.497. The van der Waals surface area contributed by atoms with E-state index in [1.807, 2.05) is 0 Å². The molecule has 3 rings (SSSR count). The molecule has 2 fully saturated rings. The van der Waals surface area contributed by atoms with Crippen LogP contribution in [-0.4, -0.2) is 33.4 Å². The molecule has 2 aliphatic heterocycles. The van der Waals surface area contributed by atoms with E-state index in [1.165, 1.54) is 0 Å². The van der Waals surface area contributed by atoms with Crippen molar-refractivity contribution in [2.24, 2.45) is 17.8 Å². The van der Waals surface area contributed by atoms with Crippen LogP contribution in [0.5, 0.6) is 0 Å². The summed E-state index contributed by atoms with van der Waals surface area (Å²) in [6.07, 6.45) is 3.73. The van der Waals surface area contributed by atoms with Crippen LogP contribution in [0.4, 0.5) is 0 Å². The van der Waals surface area contributed by atoms with Crippen LogP contribution in [0.1, 0.15) is 26.2 Å². The highest BCUT2D eigenvalue weighted by molar-refractivity contribution is 6.16. The Kier molecular flexibility index (Phi) is 3.26. The zero-order chi connectivity index (χ0) is 16.9. The van der Waals surface area contributed by atoms with Crippen molar-refractivity contribution in [3.8, 4) is 12.4 Å². The van der Waals surface area contributed by atoms with E-state index < -0.39 is 35.5 Å². The second kappa shape index (κ2) is 5.03. The Bertz CT molecular complexity index is 769. The number of fused-ring (bicyclic) bond motifs is 1. The van der Waals surface area contributed by atoms with Crippen molar-refractivity contribution in [2.45, 2.75) is 26.2 Å². The fraction of sp³-hybridized carbons (Fsp3) is 0.467. The van der Waals surface area contributed by atoms with Crippen molar-refractivity contribution in [1.82, 2.24) is 9.80 Å². The highest BCUT2D eigenvalue weighted by Crippen LogP contribution is 2.44. The fourth-order valence-electron chi connectivity index (χ4n) is 3.77. The van der Waals surface area contributed by atoms with Crippen LogP contribution in [0, 0.1) is 40.7 Å². The maximum atomic E-state index is 12.2. The average molecular weight is 312 g/mol. The molecule has 0 aromatic carbocycles. The lowest BCUT2D eigenvalue weighted by molar-refractivity contribution is -0.138. The lowest BCUT2D eigenvalue weighted by Gasteiger charge is -2.29. The molecule has 8 nitrogen and oxygen atoms in total. The largest absolute Gasteiger partial charge is 0.273 e. The topological polar surface area (TPSA) is 122 Å². The van der Waals surface area contributed by atoms with E-state index in [1.54, 1.807) is 19.3 Å². The summed E-state index contributed by atoms with van der Waals surface area (Å²) in [5, 5.41) is 17.8. The Labute approximate surface area is 131 Å². The predicted molar refractivity (Wildman–Crippen MR) is 72.0 cm³/mol. The molecule has 2 heterocycles. The summed E-state index contributed by atoms with van der Waals surface area (Å²) in [5.41, 5.74) is 1.000. The van der Waals surface area contributed by atoms with Crippen molar-refractivity contribution >= 4 is 23.6 Å². The van der Waals surface area contributed by atoms with Crippen LogP contribution in [0.3, 0.4) is 0 Å². The van der Waals surface area contributed by atoms with Gasteiger partial charge in [-0.1, -0.05) is 5.57 Å². The number of carbonyl (C=O) groups is 4. The molecule has 0 aromatic rings. The van der Waals surface area contributed by atoms with Gasteiger partial charge in [0, 0.05) is 12.0 Å². The maximum absolute atomic E-state index is 12.2. The normalized spacial score (nSPS) is 30.7. The van der Waals surface area contributed by atoms with Crippen molar-refractivity contribution in [1.29, 1.82) is 10.5 Å². The molecule has 0 aromatic heterocycles. The Balaban J connectivity index is 1.91. The van der Waals surface area contributed by atoms with Gasteiger partial charge in [0.2, 0.25) is 11.8 Å². The summed E-state index contributed by atoms with van der Waals surface area (Å²) in [6, 6.07) is 0. The van der Waals surface area contributed by atoms with Crippen LogP contribution in [0.2, 0.25) is 0 Å². The number of nitrogens with zero attached hydrogens (tertiary/aromatic N) is 4. The third-order valence-corrected chi connectivity index (χ3v) is 4.82. The molecule has 2 saturated heterocycles. The summed E-state index contributed by atoms with van der Waals surface area (Å²) in [7, 11) is 0. The number of hydrogen-bond acceptors (Lipinski definition) is 6.